The van der Waals surface area contributed by atoms with Crippen LogP contribution in [0.25, 0.3) is 0 Å². The normalized spacial score (nSPS) is 15.4. The number of aromatic nitrogens is 1. The van der Waals surface area contributed by atoms with E-state index in [9.17, 15) is 0 Å². The number of aryl methyl sites for hydroxylation is 1. The second-order valence-electron chi connectivity index (χ2n) is 6.96. The molecule has 0 unspecified atom stereocenters. The van der Waals surface area contributed by atoms with Crippen molar-refractivity contribution >= 4 is 11.4 Å². The number of nitrogens with one attached hydrogen (secondary N) is 2. The van der Waals surface area contributed by atoms with Crippen LogP contribution in [0.4, 0.5) is 11.4 Å². The van der Waals surface area contributed by atoms with Gasteiger partial charge in [-0.2, -0.15) is 0 Å². The molecule has 2 aromatic rings. The number of anilines is 2. The van der Waals surface area contributed by atoms with Crippen LogP contribution in [-0.2, 0) is 0 Å². The summed E-state index contributed by atoms with van der Waals surface area (Å²) in [7, 11) is 0. The third-order valence-corrected chi connectivity index (χ3v) is 5.19. The van der Waals surface area contributed by atoms with Crippen molar-refractivity contribution in [3.8, 4) is 0 Å². The second kappa shape index (κ2) is 8.86. The van der Waals surface area contributed by atoms with Gasteiger partial charge in [0.25, 0.3) is 0 Å². The average molecular weight is 338 g/mol. The predicted octanol–water partition coefficient (Wildman–Crippen LogP) is 3.76. The second-order valence-corrected chi connectivity index (χ2v) is 6.96. The fraction of sp³-hybridized carbons (Fsp3) is 0.476. The molecule has 1 aromatic heterocycles. The summed E-state index contributed by atoms with van der Waals surface area (Å²) in [6.07, 6.45) is 7.26. The zero-order valence-electron chi connectivity index (χ0n) is 15.5. The Kier molecular flexibility index (Phi) is 6.29. The summed E-state index contributed by atoms with van der Waals surface area (Å²) >= 11 is 0. The van der Waals surface area contributed by atoms with Crippen LogP contribution in [0.3, 0.4) is 0 Å². The first-order chi connectivity index (χ1) is 12.2. The molecule has 3 rings (SSSR count). The third kappa shape index (κ3) is 4.95. The van der Waals surface area contributed by atoms with E-state index < -0.39 is 0 Å². The van der Waals surface area contributed by atoms with Crippen LogP contribution in [0.5, 0.6) is 0 Å². The first kappa shape index (κ1) is 17.7. The number of nitrogens with zero attached hydrogens (tertiary/aromatic N) is 2. The molecule has 0 atom stereocenters. The molecule has 25 heavy (non-hydrogen) atoms. The molecule has 2 N–H and O–H groups in total. The van der Waals surface area contributed by atoms with Crippen LogP contribution in [0.2, 0.25) is 0 Å². The molecule has 134 valence electrons. The molecule has 1 fully saturated rings. The maximum Gasteiger partial charge on any atom is 0.0526 e. The van der Waals surface area contributed by atoms with Crippen LogP contribution in [0.1, 0.15) is 30.4 Å². The lowest BCUT2D eigenvalue weighted by Gasteiger charge is -2.35. The zero-order valence-corrected chi connectivity index (χ0v) is 15.5. The highest BCUT2D eigenvalue weighted by molar-refractivity contribution is 5.56. The van der Waals surface area contributed by atoms with Gasteiger partial charge in [0.1, 0.15) is 0 Å². The molecule has 0 amide bonds. The third-order valence-electron chi connectivity index (χ3n) is 5.19. The van der Waals surface area contributed by atoms with Gasteiger partial charge in [-0.15, -0.1) is 0 Å². The molecule has 0 spiro atoms. The van der Waals surface area contributed by atoms with Crippen molar-refractivity contribution in [2.75, 3.05) is 36.4 Å². The monoisotopic (exact) mass is 338 g/mol. The Hall–Kier alpha value is -2.07. The van der Waals surface area contributed by atoms with Gasteiger partial charge in [0.2, 0.25) is 0 Å². The summed E-state index contributed by atoms with van der Waals surface area (Å²) < 4.78 is 0. The van der Waals surface area contributed by atoms with E-state index >= 15 is 0 Å². The van der Waals surface area contributed by atoms with E-state index in [0.29, 0.717) is 6.04 Å². The molecule has 1 saturated heterocycles. The van der Waals surface area contributed by atoms with Crippen molar-refractivity contribution in [1.82, 2.24) is 10.3 Å². The molecule has 4 nitrogen and oxygen atoms in total. The summed E-state index contributed by atoms with van der Waals surface area (Å²) in [5.74, 6) is 0. The number of rotatable bonds is 7. The Morgan fingerprint density at radius 1 is 1.08 bits per heavy atom. The molecule has 1 aliphatic rings. The van der Waals surface area contributed by atoms with Crippen LogP contribution in [-0.4, -0.2) is 37.2 Å². The van der Waals surface area contributed by atoms with Gasteiger partial charge >= 0.3 is 0 Å². The Labute approximate surface area is 151 Å². The lowest BCUT2D eigenvalue weighted by molar-refractivity contribution is 0.414. The lowest BCUT2D eigenvalue weighted by atomic mass is 10.0. The highest BCUT2D eigenvalue weighted by atomic mass is 15.1. The summed E-state index contributed by atoms with van der Waals surface area (Å²) in [4.78, 5) is 6.66. The van der Waals surface area contributed by atoms with E-state index in [1.54, 1.807) is 6.20 Å². The minimum absolute atomic E-state index is 0.653. The van der Waals surface area contributed by atoms with E-state index in [2.05, 4.69) is 58.6 Å². The van der Waals surface area contributed by atoms with E-state index in [1.807, 2.05) is 12.3 Å². The highest BCUT2D eigenvalue weighted by Gasteiger charge is 2.20. The molecule has 0 bridgehead atoms. The van der Waals surface area contributed by atoms with Crippen molar-refractivity contribution in [3.05, 3.63) is 53.9 Å². The number of pyridine rings is 1. The van der Waals surface area contributed by atoms with Gasteiger partial charge in [0.15, 0.2) is 0 Å². The van der Waals surface area contributed by atoms with Crippen LogP contribution >= 0.6 is 0 Å². The maximum atomic E-state index is 4.12. The molecule has 0 saturated carbocycles. The number of piperidine rings is 1. The van der Waals surface area contributed by atoms with Gasteiger partial charge in [0, 0.05) is 43.8 Å². The number of benzene rings is 1. The van der Waals surface area contributed by atoms with Gasteiger partial charge in [-0.3, -0.25) is 4.98 Å². The molecule has 1 aliphatic heterocycles. The summed E-state index contributed by atoms with van der Waals surface area (Å²) in [6.45, 7) is 8.80. The molecule has 2 heterocycles. The maximum absolute atomic E-state index is 4.12. The molecular weight excluding hydrogens is 308 g/mol. The standard InChI is InChI=1S/C21H30N4/c1-17-6-3-8-21(18(17)2)25-14-9-19(10-15-25)23-12-5-13-24-20-7-4-11-22-16-20/h3-4,6-8,11,16,19,23-24H,5,9-10,12-15H2,1-2H3. The fourth-order valence-electron chi connectivity index (χ4n) is 3.50. The molecular formula is C21H30N4. The summed E-state index contributed by atoms with van der Waals surface area (Å²) in [5, 5.41) is 7.14. The molecule has 4 heteroatoms. The van der Waals surface area contributed by atoms with Crippen molar-refractivity contribution < 1.29 is 0 Å². The first-order valence-corrected chi connectivity index (χ1v) is 9.42. The van der Waals surface area contributed by atoms with Crippen molar-refractivity contribution in [2.45, 2.75) is 39.2 Å². The molecule has 0 radical (unpaired) electrons. The Balaban J connectivity index is 1.35. The Morgan fingerprint density at radius 3 is 2.68 bits per heavy atom. The fourth-order valence-corrected chi connectivity index (χ4v) is 3.50. The molecule has 1 aromatic carbocycles. The van der Waals surface area contributed by atoms with E-state index in [1.165, 1.54) is 29.7 Å². The Bertz CT molecular complexity index is 648. The van der Waals surface area contributed by atoms with Crippen molar-refractivity contribution in [3.63, 3.8) is 0 Å². The largest absolute Gasteiger partial charge is 0.384 e. The first-order valence-electron chi connectivity index (χ1n) is 9.42. The number of hydrogen-bond donors (Lipinski definition) is 2. The minimum Gasteiger partial charge on any atom is -0.384 e. The highest BCUT2D eigenvalue weighted by Crippen LogP contribution is 2.25. The van der Waals surface area contributed by atoms with Gasteiger partial charge in [0.05, 0.1) is 5.69 Å². The predicted molar refractivity (Wildman–Crippen MR) is 106 cm³/mol. The quantitative estimate of drug-likeness (QED) is 0.754. The van der Waals surface area contributed by atoms with E-state index in [-0.39, 0.29) is 0 Å². The van der Waals surface area contributed by atoms with Crippen molar-refractivity contribution in [1.29, 1.82) is 0 Å². The summed E-state index contributed by atoms with van der Waals surface area (Å²) in [6, 6.07) is 11.3. The SMILES string of the molecule is Cc1cccc(N2CCC(NCCCNc3cccnc3)CC2)c1C. The topological polar surface area (TPSA) is 40.2 Å². The van der Waals surface area contributed by atoms with Gasteiger partial charge in [-0.05, 0) is 69.0 Å². The van der Waals surface area contributed by atoms with Crippen LogP contribution < -0.4 is 15.5 Å². The minimum atomic E-state index is 0.653. The van der Waals surface area contributed by atoms with Gasteiger partial charge in [-0.25, -0.2) is 0 Å². The zero-order chi connectivity index (χ0) is 17.5. The van der Waals surface area contributed by atoms with Crippen molar-refractivity contribution in [2.24, 2.45) is 0 Å². The number of hydrogen-bond acceptors (Lipinski definition) is 4. The smallest absolute Gasteiger partial charge is 0.0526 e. The van der Waals surface area contributed by atoms with Gasteiger partial charge < -0.3 is 15.5 Å². The van der Waals surface area contributed by atoms with Crippen LogP contribution in [0.15, 0.2) is 42.7 Å². The van der Waals surface area contributed by atoms with Gasteiger partial charge in [-0.1, -0.05) is 12.1 Å². The average Bonchev–Trinajstić information content (AvgIpc) is 2.65. The lowest BCUT2D eigenvalue weighted by Crippen LogP contribution is -2.43. The van der Waals surface area contributed by atoms with Crippen LogP contribution in [0, 0.1) is 13.8 Å². The summed E-state index contributed by atoms with van der Waals surface area (Å²) in [5.41, 5.74) is 5.33. The van der Waals surface area contributed by atoms with E-state index in [4.69, 9.17) is 0 Å². The van der Waals surface area contributed by atoms with E-state index in [0.717, 1.165) is 38.3 Å². The Morgan fingerprint density at radius 2 is 1.92 bits per heavy atom. The molecule has 0 aliphatic carbocycles.